The average Bonchev–Trinajstić information content (AvgIpc) is 3.70. The molecule has 10 rings (SSSR count). The number of aromatic nitrogens is 2. The molecule has 10 aromatic rings. The van der Waals surface area contributed by atoms with Crippen LogP contribution < -0.4 is 0 Å². The van der Waals surface area contributed by atoms with Gasteiger partial charge in [0.05, 0.1) is 22.1 Å². The van der Waals surface area contributed by atoms with Gasteiger partial charge in [-0.1, -0.05) is 121 Å². The number of nitrogens with zero attached hydrogens (tertiary/aromatic N) is 2. The first-order valence-electron chi connectivity index (χ1n) is 17.6. The predicted octanol–water partition coefficient (Wildman–Crippen LogP) is 13.2. The highest BCUT2D eigenvalue weighted by Crippen LogP contribution is 2.38. The molecule has 8 aromatic carbocycles. The summed E-state index contributed by atoms with van der Waals surface area (Å²) in [7, 11) is 0. The van der Waals surface area contributed by atoms with Crippen molar-refractivity contribution in [3.63, 3.8) is 0 Å². The van der Waals surface area contributed by atoms with E-state index < -0.39 is 0 Å². The van der Waals surface area contributed by atoms with Crippen LogP contribution in [0.3, 0.4) is 0 Å². The Bertz CT molecular complexity index is 2890. The van der Waals surface area contributed by atoms with E-state index in [9.17, 15) is 0 Å². The van der Waals surface area contributed by atoms with Crippen LogP contribution in [0.4, 0.5) is 0 Å². The van der Waals surface area contributed by atoms with Crippen LogP contribution in [0, 0.1) is 6.92 Å². The minimum absolute atomic E-state index is 1.16. The molecule has 2 nitrogen and oxygen atoms in total. The summed E-state index contributed by atoms with van der Waals surface area (Å²) in [6.07, 6.45) is 0. The maximum atomic E-state index is 2.40. The van der Waals surface area contributed by atoms with E-state index in [0.29, 0.717) is 0 Å². The van der Waals surface area contributed by atoms with Crippen LogP contribution in [0.1, 0.15) is 5.56 Å². The smallest absolute Gasteiger partial charge is 0.0541 e. The molecule has 2 aromatic heterocycles. The molecule has 51 heavy (non-hydrogen) atoms. The highest BCUT2D eigenvalue weighted by Gasteiger charge is 2.16. The van der Waals surface area contributed by atoms with Gasteiger partial charge in [-0.3, -0.25) is 0 Å². The Kier molecular flexibility index (Phi) is 6.75. The number of hydrogen-bond donors (Lipinski definition) is 0. The van der Waals surface area contributed by atoms with E-state index >= 15 is 0 Å². The van der Waals surface area contributed by atoms with Crippen molar-refractivity contribution in [2.75, 3.05) is 0 Å². The predicted molar refractivity (Wildman–Crippen MR) is 216 cm³/mol. The standard InChI is InChI=1S/C49H34N2/c1-33-28-38(34-12-4-2-5-13-34)30-39(29-33)35-20-24-41(25-21-35)51-47-19-11-9-17-43(47)45-32-37(23-27-49(45)51)36-22-26-48-44(31-36)42-16-8-10-18-46(42)50(48)40-14-6-3-7-15-40/h2-32H,1H3. The quantitative estimate of drug-likeness (QED) is 0.175. The molecule has 0 unspecified atom stereocenters. The van der Waals surface area contributed by atoms with Gasteiger partial charge in [-0.25, -0.2) is 0 Å². The van der Waals surface area contributed by atoms with E-state index in [0.717, 1.165) is 5.69 Å². The molecule has 0 saturated heterocycles. The van der Waals surface area contributed by atoms with Gasteiger partial charge in [0.1, 0.15) is 0 Å². The van der Waals surface area contributed by atoms with Crippen molar-refractivity contribution in [2.45, 2.75) is 6.92 Å². The zero-order chi connectivity index (χ0) is 33.9. The normalized spacial score (nSPS) is 11.6. The molecule has 0 radical (unpaired) electrons. The Balaban J connectivity index is 1.07. The molecule has 2 heterocycles. The van der Waals surface area contributed by atoms with E-state index in [1.165, 1.54) is 88.2 Å². The largest absolute Gasteiger partial charge is 0.309 e. The van der Waals surface area contributed by atoms with Crippen molar-refractivity contribution in [2.24, 2.45) is 0 Å². The van der Waals surface area contributed by atoms with Crippen molar-refractivity contribution in [3.05, 3.63) is 194 Å². The van der Waals surface area contributed by atoms with Gasteiger partial charge in [0.25, 0.3) is 0 Å². The first kappa shape index (κ1) is 29.3. The molecule has 0 spiro atoms. The van der Waals surface area contributed by atoms with Crippen molar-refractivity contribution >= 4 is 43.6 Å². The molecule has 0 N–H and O–H groups in total. The molecule has 0 aliphatic rings. The third kappa shape index (κ3) is 4.87. The fourth-order valence-electron chi connectivity index (χ4n) is 7.99. The fourth-order valence-corrected chi connectivity index (χ4v) is 7.99. The molecule has 0 saturated carbocycles. The Morgan fingerprint density at radius 2 is 0.686 bits per heavy atom. The second-order valence-corrected chi connectivity index (χ2v) is 13.5. The number of hydrogen-bond acceptors (Lipinski definition) is 0. The summed E-state index contributed by atoms with van der Waals surface area (Å²) in [5.41, 5.74) is 15.8. The third-order valence-electron chi connectivity index (χ3n) is 10.3. The van der Waals surface area contributed by atoms with E-state index in [4.69, 9.17) is 0 Å². The van der Waals surface area contributed by atoms with Gasteiger partial charge < -0.3 is 9.13 Å². The molecular weight excluding hydrogens is 617 g/mol. The van der Waals surface area contributed by atoms with E-state index in [2.05, 4.69) is 204 Å². The molecule has 0 atom stereocenters. The summed E-state index contributed by atoms with van der Waals surface area (Å²) in [5.74, 6) is 0. The van der Waals surface area contributed by atoms with Crippen LogP contribution in [-0.4, -0.2) is 9.13 Å². The number of para-hydroxylation sites is 3. The molecule has 0 bridgehead atoms. The third-order valence-corrected chi connectivity index (χ3v) is 10.3. The lowest BCUT2D eigenvalue weighted by Crippen LogP contribution is -1.94. The van der Waals surface area contributed by atoms with Crippen molar-refractivity contribution in [1.29, 1.82) is 0 Å². The van der Waals surface area contributed by atoms with Gasteiger partial charge in [0, 0.05) is 32.9 Å². The summed E-state index contributed by atoms with van der Waals surface area (Å²) in [4.78, 5) is 0. The summed E-state index contributed by atoms with van der Waals surface area (Å²) in [6, 6.07) is 68.5. The van der Waals surface area contributed by atoms with E-state index in [-0.39, 0.29) is 0 Å². The van der Waals surface area contributed by atoms with Crippen LogP contribution in [0.25, 0.3) is 88.4 Å². The molecule has 240 valence electrons. The van der Waals surface area contributed by atoms with Gasteiger partial charge in [-0.15, -0.1) is 0 Å². The van der Waals surface area contributed by atoms with Gasteiger partial charge in [0.2, 0.25) is 0 Å². The second-order valence-electron chi connectivity index (χ2n) is 13.5. The molecule has 0 aliphatic carbocycles. The highest BCUT2D eigenvalue weighted by atomic mass is 15.0. The van der Waals surface area contributed by atoms with Crippen molar-refractivity contribution in [3.8, 4) is 44.8 Å². The summed E-state index contributed by atoms with van der Waals surface area (Å²) < 4.78 is 4.78. The first-order valence-corrected chi connectivity index (χ1v) is 17.6. The Morgan fingerprint density at radius 3 is 1.24 bits per heavy atom. The van der Waals surface area contributed by atoms with Crippen LogP contribution in [0.15, 0.2) is 188 Å². The fraction of sp³-hybridized carbons (Fsp3) is 0.0204. The lowest BCUT2D eigenvalue weighted by Gasteiger charge is -2.12. The van der Waals surface area contributed by atoms with Crippen molar-refractivity contribution < 1.29 is 0 Å². The van der Waals surface area contributed by atoms with Gasteiger partial charge >= 0.3 is 0 Å². The topological polar surface area (TPSA) is 9.86 Å². The highest BCUT2D eigenvalue weighted by molar-refractivity contribution is 6.12. The molecule has 0 amide bonds. The summed E-state index contributed by atoms with van der Waals surface area (Å²) in [5, 5.41) is 5.04. The Morgan fingerprint density at radius 1 is 0.275 bits per heavy atom. The van der Waals surface area contributed by atoms with Crippen LogP contribution in [0.2, 0.25) is 0 Å². The van der Waals surface area contributed by atoms with E-state index in [1.54, 1.807) is 0 Å². The maximum absolute atomic E-state index is 2.40. The van der Waals surface area contributed by atoms with Crippen molar-refractivity contribution in [1.82, 2.24) is 9.13 Å². The Labute approximate surface area is 297 Å². The Hall–Kier alpha value is -6.64. The van der Waals surface area contributed by atoms with Gasteiger partial charge in [-0.2, -0.15) is 0 Å². The molecule has 0 aliphatic heterocycles. The van der Waals surface area contributed by atoms with Crippen LogP contribution >= 0.6 is 0 Å². The lowest BCUT2D eigenvalue weighted by atomic mass is 9.96. The first-order chi connectivity index (χ1) is 25.2. The maximum Gasteiger partial charge on any atom is 0.0541 e. The zero-order valence-electron chi connectivity index (χ0n) is 28.3. The molecule has 2 heteroatoms. The monoisotopic (exact) mass is 650 g/mol. The van der Waals surface area contributed by atoms with Crippen LogP contribution in [0.5, 0.6) is 0 Å². The second kappa shape index (κ2) is 11.8. The van der Waals surface area contributed by atoms with Gasteiger partial charge in [0.15, 0.2) is 0 Å². The minimum atomic E-state index is 1.16. The number of fused-ring (bicyclic) bond motifs is 6. The SMILES string of the molecule is Cc1cc(-c2ccccc2)cc(-c2ccc(-n3c4ccccc4c4cc(-c5ccc6c(c5)c5ccccc5n6-c5ccccc5)ccc43)cc2)c1. The lowest BCUT2D eigenvalue weighted by molar-refractivity contribution is 1.18. The molecule has 0 fully saturated rings. The molecular formula is C49H34N2. The number of benzene rings is 8. The summed E-state index contributed by atoms with van der Waals surface area (Å²) in [6.45, 7) is 2.18. The number of rotatable bonds is 5. The van der Waals surface area contributed by atoms with Gasteiger partial charge in [-0.05, 0) is 113 Å². The van der Waals surface area contributed by atoms with E-state index in [1.807, 2.05) is 0 Å². The average molecular weight is 651 g/mol. The zero-order valence-corrected chi connectivity index (χ0v) is 28.3. The van der Waals surface area contributed by atoms with Crippen LogP contribution in [-0.2, 0) is 0 Å². The number of aryl methyl sites for hydroxylation is 1. The minimum Gasteiger partial charge on any atom is -0.309 e. The summed E-state index contributed by atoms with van der Waals surface area (Å²) >= 11 is 0.